The van der Waals surface area contributed by atoms with Gasteiger partial charge in [0, 0.05) is 0 Å². The minimum absolute atomic E-state index is 0.365. The third-order valence-corrected chi connectivity index (χ3v) is 0.865. The summed E-state index contributed by atoms with van der Waals surface area (Å²) in [4.78, 5) is 10.3. The molecule has 1 atom stereocenters. The van der Waals surface area contributed by atoms with E-state index in [1.807, 2.05) is 0 Å². The molecule has 52 valence electrons. The van der Waals surface area contributed by atoms with E-state index in [0.717, 1.165) is 0 Å². The normalized spacial score (nSPS) is 12.6. The van der Waals surface area contributed by atoms with Crippen LogP contribution in [0.4, 0.5) is 0 Å². The Morgan fingerprint density at radius 2 is 2.56 bits per heavy atom. The topological polar surface area (TPSA) is 52.3 Å². The second kappa shape index (κ2) is 4.09. The van der Waals surface area contributed by atoms with Crippen molar-refractivity contribution in [2.45, 2.75) is 13.0 Å². The van der Waals surface area contributed by atoms with E-state index >= 15 is 0 Å². The van der Waals surface area contributed by atoms with Crippen molar-refractivity contribution in [2.75, 3.05) is 6.61 Å². The molecule has 0 aliphatic rings. The molecule has 2 N–H and O–H groups in total. The number of carbonyl (C=O) groups is 1. The lowest BCUT2D eigenvalue weighted by atomic mass is 10.4. The van der Waals surface area contributed by atoms with Crippen LogP contribution in [0.1, 0.15) is 6.92 Å². The van der Waals surface area contributed by atoms with E-state index in [2.05, 4.69) is 6.58 Å². The van der Waals surface area contributed by atoms with Crippen molar-refractivity contribution in [1.82, 2.24) is 0 Å². The Morgan fingerprint density at radius 3 is 2.89 bits per heavy atom. The molecule has 9 heavy (non-hydrogen) atoms. The van der Waals surface area contributed by atoms with E-state index in [1.165, 1.54) is 0 Å². The van der Waals surface area contributed by atoms with Crippen LogP contribution in [-0.4, -0.2) is 18.6 Å². The van der Waals surface area contributed by atoms with Crippen LogP contribution in [-0.2, 0) is 9.53 Å². The van der Waals surface area contributed by atoms with E-state index in [4.69, 9.17) is 10.5 Å². The zero-order valence-corrected chi connectivity index (χ0v) is 5.46. The third-order valence-electron chi connectivity index (χ3n) is 0.865. The van der Waals surface area contributed by atoms with Gasteiger partial charge in [0.1, 0.15) is 6.10 Å². The third kappa shape index (κ3) is 3.73. The number of hydrogen-bond donors (Lipinski definition) is 1. The molecule has 3 heteroatoms. The van der Waals surface area contributed by atoms with Crippen LogP contribution in [0.15, 0.2) is 12.7 Å². The maximum atomic E-state index is 10.3. The zero-order valence-electron chi connectivity index (χ0n) is 5.46. The van der Waals surface area contributed by atoms with Crippen LogP contribution in [0.5, 0.6) is 0 Å². The lowest BCUT2D eigenvalue weighted by Gasteiger charge is -2.04. The Balaban J connectivity index is 3.37. The van der Waals surface area contributed by atoms with Gasteiger partial charge in [-0.3, -0.25) is 4.79 Å². The predicted molar refractivity (Wildman–Crippen MR) is 34.8 cm³/mol. The average Bonchev–Trinajstić information content (AvgIpc) is 1.82. The fraction of sp³-hybridized carbons (Fsp3) is 0.500. The lowest BCUT2D eigenvalue weighted by Crippen LogP contribution is -2.28. The van der Waals surface area contributed by atoms with Gasteiger partial charge >= 0.3 is 0 Å². The van der Waals surface area contributed by atoms with E-state index < -0.39 is 12.0 Å². The van der Waals surface area contributed by atoms with Gasteiger partial charge in [-0.1, -0.05) is 6.08 Å². The second-order valence-corrected chi connectivity index (χ2v) is 1.67. The zero-order chi connectivity index (χ0) is 7.28. The summed E-state index contributed by atoms with van der Waals surface area (Å²) in [5.74, 6) is -0.447. The maximum Gasteiger partial charge on any atom is 0.246 e. The summed E-state index contributed by atoms with van der Waals surface area (Å²) in [6, 6.07) is 0. The first-order valence-electron chi connectivity index (χ1n) is 2.70. The molecule has 0 aliphatic carbocycles. The van der Waals surface area contributed by atoms with Crippen molar-refractivity contribution in [3.8, 4) is 0 Å². The van der Waals surface area contributed by atoms with Gasteiger partial charge in [-0.15, -0.1) is 6.58 Å². The van der Waals surface area contributed by atoms with Crippen LogP contribution in [0.2, 0.25) is 0 Å². The molecule has 3 nitrogen and oxygen atoms in total. The Bertz CT molecular complexity index is 112. The lowest BCUT2D eigenvalue weighted by molar-refractivity contribution is -0.127. The highest BCUT2D eigenvalue weighted by molar-refractivity contribution is 5.78. The highest BCUT2D eigenvalue weighted by atomic mass is 16.5. The number of ether oxygens (including phenoxy) is 1. The molecule has 0 saturated heterocycles. The summed E-state index contributed by atoms with van der Waals surface area (Å²) >= 11 is 0. The summed E-state index contributed by atoms with van der Waals surface area (Å²) in [5.41, 5.74) is 4.88. The summed E-state index contributed by atoms with van der Waals surface area (Å²) < 4.78 is 4.86. The first-order valence-corrected chi connectivity index (χ1v) is 2.70. The molecule has 0 aromatic heterocycles. The maximum absolute atomic E-state index is 10.3. The van der Waals surface area contributed by atoms with Gasteiger partial charge in [0.2, 0.25) is 5.91 Å². The molecule has 0 bridgehead atoms. The van der Waals surface area contributed by atoms with E-state index in [-0.39, 0.29) is 0 Å². The Labute approximate surface area is 54.5 Å². The van der Waals surface area contributed by atoms with Gasteiger partial charge in [0.15, 0.2) is 0 Å². The molecule has 0 radical (unpaired) electrons. The van der Waals surface area contributed by atoms with Crippen molar-refractivity contribution in [3.63, 3.8) is 0 Å². The second-order valence-electron chi connectivity index (χ2n) is 1.67. The van der Waals surface area contributed by atoms with Crippen molar-refractivity contribution < 1.29 is 9.53 Å². The molecule has 0 saturated carbocycles. The Hall–Kier alpha value is -0.830. The van der Waals surface area contributed by atoms with Gasteiger partial charge in [0.05, 0.1) is 6.61 Å². The van der Waals surface area contributed by atoms with Gasteiger partial charge in [-0.25, -0.2) is 0 Å². The smallest absolute Gasteiger partial charge is 0.246 e. The van der Waals surface area contributed by atoms with Gasteiger partial charge in [-0.2, -0.15) is 0 Å². The minimum Gasteiger partial charge on any atom is -0.367 e. The molecular formula is C6H11NO2. The highest BCUT2D eigenvalue weighted by Crippen LogP contribution is 1.87. The number of nitrogens with two attached hydrogens (primary N) is 1. The molecule has 0 heterocycles. The molecule has 0 spiro atoms. The standard InChI is InChI=1S/C6H11NO2/c1-3-4-9-5(2)6(7)8/h3,5H,1,4H2,2H3,(H2,7,8). The van der Waals surface area contributed by atoms with Crippen LogP contribution in [0.25, 0.3) is 0 Å². The molecule has 1 amide bonds. The van der Waals surface area contributed by atoms with E-state index in [1.54, 1.807) is 13.0 Å². The van der Waals surface area contributed by atoms with E-state index in [9.17, 15) is 4.79 Å². The van der Waals surface area contributed by atoms with Crippen LogP contribution in [0.3, 0.4) is 0 Å². The van der Waals surface area contributed by atoms with Crippen LogP contribution >= 0.6 is 0 Å². The monoisotopic (exact) mass is 129 g/mol. The van der Waals surface area contributed by atoms with Crippen LogP contribution < -0.4 is 5.73 Å². The predicted octanol–water partition coefficient (Wildman–Crippen LogP) is 0.0628. The van der Waals surface area contributed by atoms with Gasteiger partial charge < -0.3 is 10.5 Å². The summed E-state index contributed by atoms with van der Waals surface area (Å²) in [6.07, 6.45) is 1.06. The van der Waals surface area contributed by atoms with E-state index in [0.29, 0.717) is 6.61 Å². The molecule has 0 fully saturated rings. The molecule has 0 aromatic rings. The quantitative estimate of drug-likeness (QED) is 0.546. The Kier molecular flexibility index (Phi) is 3.71. The summed E-state index contributed by atoms with van der Waals surface area (Å²) in [7, 11) is 0. The van der Waals surface area contributed by atoms with Crippen molar-refractivity contribution >= 4 is 5.91 Å². The molecule has 0 rings (SSSR count). The van der Waals surface area contributed by atoms with Crippen LogP contribution in [0, 0.1) is 0 Å². The summed E-state index contributed by atoms with van der Waals surface area (Å²) in [6.45, 7) is 5.38. The average molecular weight is 129 g/mol. The molecule has 0 aliphatic heterocycles. The fourth-order valence-corrected chi connectivity index (χ4v) is 0.295. The van der Waals surface area contributed by atoms with Gasteiger partial charge in [-0.05, 0) is 6.92 Å². The molecule has 0 aromatic carbocycles. The number of carbonyl (C=O) groups excluding carboxylic acids is 1. The first kappa shape index (κ1) is 8.17. The summed E-state index contributed by atoms with van der Waals surface area (Å²) in [5, 5.41) is 0. The molecule has 1 unspecified atom stereocenters. The number of rotatable bonds is 4. The first-order chi connectivity index (χ1) is 4.18. The number of amides is 1. The van der Waals surface area contributed by atoms with Gasteiger partial charge in [0.25, 0.3) is 0 Å². The van der Waals surface area contributed by atoms with Crippen molar-refractivity contribution in [3.05, 3.63) is 12.7 Å². The van der Waals surface area contributed by atoms with Crippen molar-refractivity contribution in [2.24, 2.45) is 5.73 Å². The fourth-order valence-electron chi connectivity index (χ4n) is 0.295. The SMILES string of the molecule is C=CCOC(C)C(N)=O. The minimum atomic E-state index is -0.511. The number of primary amides is 1. The largest absolute Gasteiger partial charge is 0.367 e. The highest BCUT2D eigenvalue weighted by Gasteiger charge is 2.05. The molecular weight excluding hydrogens is 118 g/mol. The Morgan fingerprint density at radius 1 is 2.00 bits per heavy atom. The van der Waals surface area contributed by atoms with Crippen molar-refractivity contribution in [1.29, 1.82) is 0 Å². The number of hydrogen-bond acceptors (Lipinski definition) is 2.